The van der Waals surface area contributed by atoms with E-state index in [1.54, 1.807) is 12.1 Å². The lowest BCUT2D eigenvalue weighted by Gasteiger charge is -2.19. The van der Waals surface area contributed by atoms with Crippen molar-refractivity contribution < 1.29 is 27.7 Å². The predicted octanol–water partition coefficient (Wildman–Crippen LogP) is 7.68. The van der Waals surface area contributed by atoms with Crippen LogP contribution in [0.4, 0.5) is 0 Å². The highest BCUT2D eigenvalue weighted by Crippen LogP contribution is 2.44. The number of rotatable bonds is 12. The topological polar surface area (TPSA) is 126 Å². The Morgan fingerprint density at radius 2 is 1.53 bits per heavy atom. The van der Waals surface area contributed by atoms with E-state index in [1.165, 1.54) is 6.26 Å². The van der Waals surface area contributed by atoms with Crippen LogP contribution in [-0.2, 0) is 13.2 Å². The molecule has 1 amide bonds. The van der Waals surface area contributed by atoms with E-state index in [2.05, 4.69) is 34.5 Å². The highest BCUT2D eigenvalue weighted by molar-refractivity contribution is 6.01. The molecule has 45 heavy (non-hydrogen) atoms. The lowest BCUT2D eigenvalue weighted by Crippen LogP contribution is -2.23. The normalized spacial score (nSPS) is 11.1. The Labute approximate surface area is 260 Å². The number of furan rings is 1. The molecule has 3 aromatic heterocycles. The zero-order chi connectivity index (χ0) is 31.2. The summed E-state index contributed by atoms with van der Waals surface area (Å²) in [5.74, 6) is 1.68. The van der Waals surface area contributed by atoms with E-state index in [4.69, 9.17) is 22.9 Å². The Hall–Kier alpha value is -5.64. The van der Waals surface area contributed by atoms with Gasteiger partial charge in [0.05, 0.1) is 11.8 Å². The minimum absolute atomic E-state index is 0.0168. The van der Waals surface area contributed by atoms with Gasteiger partial charge in [-0.3, -0.25) is 4.79 Å². The number of hydrogen-bond donors (Lipinski definition) is 1. The highest BCUT2D eigenvalue weighted by atomic mass is 16.5. The van der Waals surface area contributed by atoms with Crippen LogP contribution in [0.1, 0.15) is 53.9 Å². The molecule has 0 atom stereocenters. The zero-order valence-electron chi connectivity index (χ0n) is 25.2. The first-order valence-corrected chi connectivity index (χ1v) is 14.7. The summed E-state index contributed by atoms with van der Waals surface area (Å²) in [5.41, 5.74) is 3.77. The summed E-state index contributed by atoms with van der Waals surface area (Å²) >= 11 is 0. The van der Waals surface area contributed by atoms with Crippen molar-refractivity contribution in [1.82, 2.24) is 20.6 Å². The second-order valence-electron chi connectivity index (χ2n) is 10.6. The van der Waals surface area contributed by atoms with Crippen LogP contribution in [0.15, 0.2) is 105 Å². The maximum Gasteiger partial charge on any atom is 0.293 e. The maximum absolute atomic E-state index is 13.2. The van der Waals surface area contributed by atoms with Crippen LogP contribution < -0.4 is 14.8 Å². The number of amides is 1. The number of aromatic nitrogens is 3. The number of carbonyl (C=O) groups excluding carboxylic acids is 1. The van der Waals surface area contributed by atoms with Crippen LogP contribution in [0.25, 0.3) is 34.4 Å². The zero-order valence-corrected chi connectivity index (χ0v) is 25.2. The standard InChI is InChI=1S/C35H32N4O6/c1-4-36-34(40)31-30(33-37-35(45-39-33)27-16-11-17-41-27)32(44-38-31)26-18-25(22(2)3)28(42-20-23-12-7-5-8-13-23)19-29(26)43-21-24-14-9-6-10-15-24/h5-19,22H,4,20-21H2,1-3H3,(H,36,40). The van der Waals surface area contributed by atoms with Gasteiger partial charge >= 0.3 is 0 Å². The fraction of sp³-hybridized carbons (Fsp3) is 0.200. The van der Waals surface area contributed by atoms with Gasteiger partial charge in [0.2, 0.25) is 5.82 Å². The number of benzene rings is 3. The average molecular weight is 605 g/mol. The molecule has 0 saturated heterocycles. The second kappa shape index (κ2) is 13.3. The van der Waals surface area contributed by atoms with Gasteiger partial charge in [-0.15, -0.1) is 0 Å². The van der Waals surface area contributed by atoms with Gasteiger partial charge in [0.1, 0.15) is 30.3 Å². The Kier molecular flexibility index (Phi) is 8.72. The SMILES string of the molecule is CCNC(=O)c1noc(-c2cc(C(C)C)c(OCc3ccccc3)cc2OCc2ccccc2)c1-c1noc(-c2ccco2)n1. The summed E-state index contributed by atoms with van der Waals surface area (Å²) < 4.78 is 29.7. The number of hydrogen-bond acceptors (Lipinski definition) is 9. The van der Waals surface area contributed by atoms with Crippen LogP contribution in [-0.4, -0.2) is 27.7 Å². The predicted molar refractivity (Wildman–Crippen MR) is 167 cm³/mol. The molecule has 0 fully saturated rings. The van der Waals surface area contributed by atoms with E-state index >= 15 is 0 Å². The highest BCUT2D eigenvalue weighted by Gasteiger charge is 2.31. The van der Waals surface area contributed by atoms with Gasteiger partial charge in [-0.2, -0.15) is 4.98 Å². The minimum Gasteiger partial charge on any atom is -0.488 e. The lowest BCUT2D eigenvalue weighted by molar-refractivity contribution is 0.0947. The van der Waals surface area contributed by atoms with E-state index < -0.39 is 5.91 Å². The van der Waals surface area contributed by atoms with Crippen LogP contribution >= 0.6 is 0 Å². The van der Waals surface area contributed by atoms with E-state index in [1.807, 2.05) is 79.7 Å². The summed E-state index contributed by atoms with van der Waals surface area (Å²) in [6, 6.07) is 27.0. The Bertz CT molecular complexity index is 1860. The summed E-state index contributed by atoms with van der Waals surface area (Å²) in [5, 5.41) is 11.1. The van der Waals surface area contributed by atoms with Gasteiger partial charge in [0.15, 0.2) is 17.2 Å². The van der Waals surface area contributed by atoms with E-state index in [-0.39, 0.29) is 41.3 Å². The molecule has 0 unspecified atom stereocenters. The van der Waals surface area contributed by atoms with Crippen molar-refractivity contribution in [1.29, 1.82) is 0 Å². The molecular weight excluding hydrogens is 572 g/mol. The lowest BCUT2D eigenvalue weighted by atomic mass is 9.96. The number of ether oxygens (including phenoxy) is 2. The summed E-state index contributed by atoms with van der Waals surface area (Å²) in [7, 11) is 0. The summed E-state index contributed by atoms with van der Waals surface area (Å²) in [4.78, 5) is 17.7. The van der Waals surface area contributed by atoms with Gasteiger partial charge in [-0.1, -0.05) is 84.8 Å². The molecule has 3 aromatic carbocycles. The van der Waals surface area contributed by atoms with Crippen molar-refractivity contribution >= 4 is 5.91 Å². The molecule has 0 aliphatic heterocycles. The first-order chi connectivity index (χ1) is 22.0. The Balaban J connectivity index is 1.49. The third-order valence-corrected chi connectivity index (χ3v) is 7.08. The molecule has 228 valence electrons. The maximum atomic E-state index is 13.2. The Morgan fingerprint density at radius 1 is 0.844 bits per heavy atom. The average Bonchev–Trinajstić information content (AvgIpc) is 3.85. The van der Waals surface area contributed by atoms with Crippen molar-refractivity contribution in [3.8, 4) is 45.9 Å². The van der Waals surface area contributed by atoms with Crippen LogP contribution in [0.2, 0.25) is 0 Å². The molecule has 0 bridgehead atoms. The molecule has 10 nitrogen and oxygen atoms in total. The van der Waals surface area contributed by atoms with E-state index in [0.29, 0.717) is 36.0 Å². The molecule has 0 saturated carbocycles. The van der Waals surface area contributed by atoms with Crippen LogP contribution in [0.3, 0.4) is 0 Å². The van der Waals surface area contributed by atoms with Crippen molar-refractivity contribution in [2.45, 2.75) is 39.9 Å². The third kappa shape index (κ3) is 6.50. The first-order valence-electron chi connectivity index (χ1n) is 14.7. The molecule has 1 N–H and O–H groups in total. The molecule has 6 aromatic rings. The quantitative estimate of drug-likeness (QED) is 0.150. The van der Waals surface area contributed by atoms with Crippen LogP contribution in [0.5, 0.6) is 11.5 Å². The molecule has 0 aliphatic carbocycles. The summed E-state index contributed by atoms with van der Waals surface area (Å²) in [6.07, 6.45) is 1.51. The molecule has 0 radical (unpaired) electrons. The molecule has 6 rings (SSSR count). The van der Waals surface area contributed by atoms with Crippen molar-refractivity contribution in [2.24, 2.45) is 0 Å². The second-order valence-corrected chi connectivity index (χ2v) is 10.6. The molecule has 0 aliphatic rings. The van der Waals surface area contributed by atoms with Gasteiger partial charge in [0.25, 0.3) is 11.8 Å². The van der Waals surface area contributed by atoms with Gasteiger partial charge < -0.3 is 28.3 Å². The fourth-order valence-corrected chi connectivity index (χ4v) is 4.83. The Morgan fingerprint density at radius 3 is 2.16 bits per heavy atom. The fourth-order valence-electron chi connectivity index (χ4n) is 4.83. The largest absolute Gasteiger partial charge is 0.488 e. The van der Waals surface area contributed by atoms with Crippen molar-refractivity contribution in [2.75, 3.05) is 6.54 Å². The molecule has 10 heteroatoms. The van der Waals surface area contributed by atoms with Crippen molar-refractivity contribution in [3.05, 3.63) is 114 Å². The minimum atomic E-state index is -0.439. The molecule has 0 spiro atoms. The molecular formula is C35H32N4O6. The van der Waals surface area contributed by atoms with Gasteiger partial charge in [-0.25, -0.2) is 0 Å². The monoisotopic (exact) mass is 604 g/mol. The summed E-state index contributed by atoms with van der Waals surface area (Å²) in [6.45, 7) is 7.03. The third-order valence-electron chi connectivity index (χ3n) is 7.08. The first kappa shape index (κ1) is 29.4. The molecule has 3 heterocycles. The number of nitrogens with one attached hydrogen (secondary N) is 1. The van der Waals surface area contributed by atoms with E-state index in [9.17, 15) is 4.79 Å². The van der Waals surface area contributed by atoms with Gasteiger partial charge in [-0.05, 0) is 47.7 Å². The van der Waals surface area contributed by atoms with Gasteiger partial charge in [0, 0.05) is 12.6 Å². The smallest absolute Gasteiger partial charge is 0.293 e. The van der Waals surface area contributed by atoms with Crippen LogP contribution in [0, 0.1) is 0 Å². The number of nitrogens with zero attached hydrogens (tertiary/aromatic N) is 3. The van der Waals surface area contributed by atoms with E-state index in [0.717, 1.165) is 16.7 Å². The van der Waals surface area contributed by atoms with Crippen molar-refractivity contribution in [3.63, 3.8) is 0 Å². The number of carbonyl (C=O) groups is 1.